The summed E-state index contributed by atoms with van der Waals surface area (Å²) in [6.07, 6.45) is 1.27. The van der Waals surface area contributed by atoms with Gasteiger partial charge >= 0.3 is 0 Å². The summed E-state index contributed by atoms with van der Waals surface area (Å²) in [5, 5.41) is 3.49. The van der Waals surface area contributed by atoms with Gasteiger partial charge < -0.3 is 14.8 Å². The van der Waals surface area contributed by atoms with Crippen LogP contribution in [-0.4, -0.2) is 26.0 Å². The molecule has 0 radical (unpaired) electrons. The lowest BCUT2D eigenvalue weighted by atomic mass is 10.1. The summed E-state index contributed by atoms with van der Waals surface area (Å²) in [6.45, 7) is 4.31. The summed E-state index contributed by atoms with van der Waals surface area (Å²) in [5.41, 5.74) is 1.31. The van der Waals surface area contributed by atoms with Crippen LogP contribution < -0.4 is 5.32 Å². The lowest BCUT2D eigenvalue weighted by Crippen LogP contribution is -2.35. The number of hydrogen-bond acceptors (Lipinski definition) is 3. The van der Waals surface area contributed by atoms with Crippen LogP contribution in [0.2, 0.25) is 0 Å². The molecule has 0 spiro atoms. The quantitative estimate of drug-likeness (QED) is 0.844. The molecular formula is C13H19NO2. The van der Waals surface area contributed by atoms with E-state index in [9.17, 15) is 0 Å². The molecule has 1 aliphatic heterocycles. The molecule has 0 aliphatic carbocycles. The van der Waals surface area contributed by atoms with E-state index in [1.165, 1.54) is 5.56 Å². The minimum absolute atomic E-state index is 0.292. The van der Waals surface area contributed by atoms with Crippen LogP contribution in [0.15, 0.2) is 30.3 Å². The van der Waals surface area contributed by atoms with Gasteiger partial charge in [-0.1, -0.05) is 30.3 Å². The first-order valence-corrected chi connectivity index (χ1v) is 5.84. The second kappa shape index (κ2) is 5.99. The minimum atomic E-state index is 0.292. The second-order valence-electron chi connectivity index (χ2n) is 4.14. The van der Waals surface area contributed by atoms with E-state index in [1.54, 1.807) is 0 Å². The molecule has 0 saturated carbocycles. The molecule has 3 nitrogen and oxygen atoms in total. The molecule has 1 aromatic rings. The molecular weight excluding hydrogens is 202 g/mol. The maximum absolute atomic E-state index is 5.48. The van der Waals surface area contributed by atoms with Crippen LogP contribution in [0, 0.1) is 0 Å². The Balaban J connectivity index is 1.77. The highest BCUT2D eigenvalue weighted by Gasteiger charge is 2.15. The number of benzene rings is 1. The summed E-state index contributed by atoms with van der Waals surface area (Å²) < 4.78 is 10.6. The molecule has 16 heavy (non-hydrogen) atoms. The van der Waals surface area contributed by atoms with E-state index in [0.29, 0.717) is 18.9 Å². The van der Waals surface area contributed by atoms with Gasteiger partial charge in [-0.2, -0.15) is 0 Å². The smallest absolute Gasteiger partial charge is 0.147 e. The first-order chi connectivity index (χ1) is 7.86. The molecule has 2 atom stereocenters. The van der Waals surface area contributed by atoms with Crippen molar-refractivity contribution in [2.24, 2.45) is 0 Å². The molecule has 1 N–H and O–H groups in total. The van der Waals surface area contributed by atoms with Crippen LogP contribution in [-0.2, 0) is 9.47 Å². The van der Waals surface area contributed by atoms with Gasteiger partial charge in [0.1, 0.15) is 6.79 Å². The molecule has 0 bridgehead atoms. The normalized spacial score (nSPS) is 22.9. The molecule has 0 amide bonds. The van der Waals surface area contributed by atoms with Crippen LogP contribution in [0.25, 0.3) is 0 Å². The van der Waals surface area contributed by atoms with E-state index in [-0.39, 0.29) is 0 Å². The van der Waals surface area contributed by atoms with Gasteiger partial charge in [-0.05, 0) is 18.9 Å². The predicted octanol–water partition coefficient (Wildman–Crippen LogP) is 2.10. The maximum atomic E-state index is 5.48. The summed E-state index contributed by atoms with van der Waals surface area (Å²) in [6, 6.07) is 10.8. The Morgan fingerprint density at radius 2 is 2.19 bits per heavy atom. The average Bonchev–Trinajstić information content (AvgIpc) is 2.38. The minimum Gasteiger partial charge on any atom is -0.355 e. The van der Waals surface area contributed by atoms with E-state index in [0.717, 1.165) is 19.6 Å². The van der Waals surface area contributed by atoms with Crippen molar-refractivity contribution >= 4 is 0 Å². The fraction of sp³-hybridized carbons (Fsp3) is 0.538. The maximum Gasteiger partial charge on any atom is 0.147 e. The third kappa shape index (κ3) is 3.30. The summed E-state index contributed by atoms with van der Waals surface area (Å²) in [7, 11) is 0. The zero-order valence-corrected chi connectivity index (χ0v) is 9.69. The standard InChI is InChI=1S/C13H19NO2/c1-11(12-5-3-2-4-6-12)14-9-13-7-8-15-10-16-13/h2-6,11,13-14H,7-10H2,1H3/t11-,13?/m1/s1. The average molecular weight is 221 g/mol. The Kier molecular flexibility index (Phi) is 4.34. The van der Waals surface area contributed by atoms with Gasteiger partial charge in [0.05, 0.1) is 12.7 Å². The van der Waals surface area contributed by atoms with Gasteiger partial charge in [-0.3, -0.25) is 0 Å². The third-order valence-electron chi connectivity index (χ3n) is 2.92. The van der Waals surface area contributed by atoms with E-state index in [2.05, 4.69) is 36.5 Å². The molecule has 1 aromatic carbocycles. The predicted molar refractivity (Wildman–Crippen MR) is 63.2 cm³/mol. The zero-order valence-electron chi connectivity index (χ0n) is 9.69. The highest BCUT2D eigenvalue weighted by atomic mass is 16.7. The van der Waals surface area contributed by atoms with Crippen molar-refractivity contribution in [3.8, 4) is 0 Å². The Bertz CT molecular complexity index is 296. The number of ether oxygens (including phenoxy) is 2. The van der Waals surface area contributed by atoms with Crippen LogP contribution in [0.1, 0.15) is 24.9 Å². The van der Waals surface area contributed by atoms with Crippen molar-refractivity contribution in [2.45, 2.75) is 25.5 Å². The zero-order chi connectivity index (χ0) is 11.2. The molecule has 0 aromatic heterocycles. The largest absolute Gasteiger partial charge is 0.355 e. The van der Waals surface area contributed by atoms with Crippen molar-refractivity contribution in [1.82, 2.24) is 5.32 Å². The highest BCUT2D eigenvalue weighted by molar-refractivity contribution is 5.17. The molecule has 2 rings (SSSR count). The monoisotopic (exact) mass is 221 g/mol. The van der Waals surface area contributed by atoms with Gasteiger partial charge in [0.15, 0.2) is 0 Å². The van der Waals surface area contributed by atoms with E-state index < -0.39 is 0 Å². The number of rotatable bonds is 4. The third-order valence-corrected chi connectivity index (χ3v) is 2.92. The molecule has 1 aliphatic rings. The Labute approximate surface area is 96.8 Å². The Hall–Kier alpha value is -0.900. The molecule has 1 heterocycles. The van der Waals surface area contributed by atoms with Crippen molar-refractivity contribution in [2.75, 3.05) is 19.9 Å². The lowest BCUT2D eigenvalue weighted by molar-refractivity contribution is -0.137. The fourth-order valence-electron chi connectivity index (χ4n) is 1.83. The fourth-order valence-corrected chi connectivity index (χ4v) is 1.83. The lowest BCUT2D eigenvalue weighted by Gasteiger charge is -2.24. The molecule has 1 saturated heterocycles. The van der Waals surface area contributed by atoms with Crippen molar-refractivity contribution in [1.29, 1.82) is 0 Å². The van der Waals surface area contributed by atoms with Gasteiger partial charge in [0.25, 0.3) is 0 Å². The van der Waals surface area contributed by atoms with Crippen LogP contribution >= 0.6 is 0 Å². The summed E-state index contributed by atoms with van der Waals surface area (Å²) in [5.74, 6) is 0. The van der Waals surface area contributed by atoms with E-state index >= 15 is 0 Å². The molecule has 3 heteroatoms. The molecule has 1 unspecified atom stereocenters. The van der Waals surface area contributed by atoms with Crippen molar-refractivity contribution in [3.63, 3.8) is 0 Å². The van der Waals surface area contributed by atoms with Crippen LogP contribution in [0.4, 0.5) is 0 Å². The number of hydrogen-bond donors (Lipinski definition) is 1. The second-order valence-corrected chi connectivity index (χ2v) is 4.14. The van der Waals surface area contributed by atoms with Crippen LogP contribution in [0.5, 0.6) is 0 Å². The summed E-state index contributed by atoms with van der Waals surface area (Å²) in [4.78, 5) is 0. The first kappa shape index (κ1) is 11.6. The molecule has 1 fully saturated rings. The van der Waals surface area contributed by atoms with Gasteiger partial charge in [0.2, 0.25) is 0 Å². The molecule has 88 valence electrons. The van der Waals surface area contributed by atoms with Gasteiger partial charge in [-0.25, -0.2) is 0 Å². The Morgan fingerprint density at radius 3 is 2.88 bits per heavy atom. The Morgan fingerprint density at radius 1 is 1.38 bits per heavy atom. The van der Waals surface area contributed by atoms with Gasteiger partial charge in [0, 0.05) is 12.6 Å². The highest BCUT2D eigenvalue weighted by Crippen LogP contribution is 2.12. The SMILES string of the molecule is C[C@@H](NCC1CCOCO1)c1ccccc1. The number of nitrogens with one attached hydrogen (secondary N) is 1. The van der Waals surface area contributed by atoms with E-state index in [1.807, 2.05) is 6.07 Å². The van der Waals surface area contributed by atoms with E-state index in [4.69, 9.17) is 9.47 Å². The van der Waals surface area contributed by atoms with Crippen molar-refractivity contribution in [3.05, 3.63) is 35.9 Å². The van der Waals surface area contributed by atoms with Crippen molar-refractivity contribution < 1.29 is 9.47 Å². The summed E-state index contributed by atoms with van der Waals surface area (Å²) >= 11 is 0. The van der Waals surface area contributed by atoms with Gasteiger partial charge in [-0.15, -0.1) is 0 Å². The van der Waals surface area contributed by atoms with Crippen LogP contribution in [0.3, 0.4) is 0 Å². The first-order valence-electron chi connectivity index (χ1n) is 5.84. The topological polar surface area (TPSA) is 30.5 Å².